The van der Waals surface area contributed by atoms with Gasteiger partial charge in [-0.15, -0.1) is 0 Å². The number of oxazole rings is 1. The quantitative estimate of drug-likeness (QED) is 0.935. The lowest BCUT2D eigenvalue weighted by atomic mass is 9.96. The van der Waals surface area contributed by atoms with E-state index in [1.54, 1.807) is 0 Å². The summed E-state index contributed by atoms with van der Waals surface area (Å²) in [6.07, 6.45) is 6.71. The van der Waals surface area contributed by atoms with Crippen molar-refractivity contribution in [3.8, 4) is 0 Å². The molecule has 1 saturated carbocycles. The fourth-order valence-electron chi connectivity index (χ4n) is 3.90. The van der Waals surface area contributed by atoms with Gasteiger partial charge in [0.2, 0.25) is 5.91 Å². The summed E-state index contributed by atoms with van der Waals surface area (Å²) in [7, 11) is 0. The van der Waals surface area contributed by atoms with Crippen LogP contribution in [0.25, 0.3) is 11.1 Å². The zero-order chi connectivity index (χ0) is 16.4. The number of nitrogens with zero attached hydrogens (tertiary/aromatic N) is 2. The van der Waals surface area contributed by atoms with E-state index in [1.807, 2.05) is 24.3 Å². The van der Waals surface area contributed by atoms with Crippen molar-refractivity contribution in [2.45, 2.75) is 38.5 Å². The van der Waals surface area contributed by atoms with Crippen molar-refractivity contribution in [3.05, 3.63) is 24.3 Å². The number of aromatic nitrogens is 1. The molecule has 1 amide bonds. The van der Waals surface area contributed by atoms with Gasteiger partial charge in [-0.25, -0.2) is 0 Å². The Bertz CT molecular complexity index is 664. The molecule has 1 N–H and O–H groups in total. The van der Waals surface area contributed by atoms with E-state index in [9.17, 15) is 4.79 Å². The van der Waals surface area contributed by atoms with Gasteiger partial charge in [0.25, 0.3) is 6.01 Å². The van der Waals surface area contributed by atoms with Crippen LogP contribution in [0, 0.1) is 11.8 Å². The van der Waals surface area contributed by atoms with Crippen molar-refractivity contribution < 1.29 is 9.21 Å². The van der Waals surface area contributed by atoms with Gasteiger partial charge in [0.15, 0.2) is 5.58 Å². The Hall–Kier alpha value is -2.04. The number of carbonyl (C=O) groups excluding carboxylic acids is 1. The molecule has 2 fully saturated rings. The number of nitrogens with one attached hydrogen (secondary N) is 1. The highest BCUT2D eigenvalue weighted by molar-refractivity contribution is 5.78. The predicted octanol–water partition coefficient (Wildman–Crippen LogP) is 3.35. The Morgan fingerprint density at radius 2 is 1.92 bits per heavy atom. The average Bonchev–Trinajstić information content (AvgIpc) is 3.29. The highest BCUT2D eigenvalue weighted by Gasteiger charge is 2.25. The van der Waals surface area contributed by atoms with Crippen molar-refractivity contribution >= 4 is 23.0 Å². The molecular formula is C19H25N3O2. The van der Waals surface area contributed by atoms with Gasteiger partial charge in [0.1, 0.15) is 5.52 Å². The van der Waals surface area contributed by atoms with Gasteiger partial charge in [-0.3, -0.25) is 4.79 Å². The first-order valence-corrected chi connectivity index (χ1v) is 9.18. The molecule has 1 saturated heterocycles. The third-order valence-electron chi connectivity index (χ3n) is 5.46. The van der Waals surface area contributed by atoms with Crippen LogP contribution in [-0.2, 0) is 4.79 Å². The molecule has 128 valence electrons. The lowest BCUT2D eigenvalue weighted by Crippen LogP contribution is -2.40. The van der Waals surface area contributed by atoms with E-state index in [1.165, 1.54) is 12.8 Å². The van der Waals surface area contributed by atoms with Crippen LogP contribution in [0.1, 0.15) is 38.5 Å². The molecule has 5 nitrogen and oxygen atoms in total. The van der Waals surface area contributed by atoms with Gasteiger partial charge < -0.3 is 14.6 Å². The number of amides is 1. The zero-order valence-corrected chi connectivity index (χ0v) is 14.0. The molecule has 1 aromatic heterocycles. The molecule has 0 spiro atoms. The molecule has 2 heterocycles. The van der Waals surface area contributed by atoms with Crippen LogP contribution >= 0.6 is 0 Å². The molecule has 2 aromatic rings. The molecule has 0 unspecified atom stereocenters. The fourth-order valence-corrected chi connectivity index (χ4v) is 3.90. The first kappa shape index (κ1) is 15.5. The number of carbonyl (C=O) groups is 1. The number of para-hydroxylation sites is 2. The molecular weight excluding hydrogens is 302 g/mol. The maximum absolute atomic E-state index is 12.1. The van der Waals surface area contributed by atoms with E-state index in [-0.39, 0.29) is 11.8 Å². The lowest BCUT2D eigenvalue weighted by Gasteiger charge is -2.31. The van der Waals surface area contributed by atoms with Gasteiger partial charge in [-0.1, -0.05) is 25.0 Å². The summed E-state index contributed by atoms with van der Waals surface area (Å²) >= 11 is 0. The monoisotopic (exact) mass is 327 g/mol. The summed E-state index contributed by atoms with van der Waals surface area (Å²) in [5.74, 6) is 1.11. The Kier molecular flexibility index (Phi) is 4.41. The molecule has 0 bridgehead atoms. The van der Waals surface area contributed by atoms with Crippen molar-refractivity contribution in [1.82, 2.24) is 10.3 Å². The third kappa shape index (κ3) is 3.25. The second kappa shape index (κ2) is 6.83. The lowest BCUT2D eigenvalue weighted by molar-refractivity contribution is -0.125. The smallest absolute Gasteiger partial charge is 0.298 e. The molecule has 0 atom stereocenters. The maximum atomic E-state index is 12.1. The summed E-state index contributed by atoms with van der Waals surface area (Å²) in [5.41, 5.74) is 1.76. The summed E-state index contributed by atoms with van der Waals surface area (Å²) < 4.78 is 5.85. The summed E-state index contributed by atoms with van der Waals surface area (Å²) in [6.45, 7) is 2.70. The molecule has 1 aromatic carbocycles. The Labute approximate surface area is 142 Å². The first-order valence-electron chi connectivity index (χ1n) is 9.18. The number of hydrogen-bond acceptors (Lipinski definition) is 4. The Morgan fingerprint density at radius 3 is 2.67 bits per heavy atom. The van der Waals surface area contributed by atoms with Crippen LogP contribution in [0.15, 0.2) is 28.7 Å². The van der Waals surface area contributed by atoms with Crippen LogP contribution in [-0.4, -0.2) is 30.5 Å². The number of fused-ring (bicyclic) bond motifs is 1. The summed E-state index contributed by atoms with van der Waals surface area (Å²) in [4.78, 5) is 18.9. The van der Waals surface area contributed by atoms with Crippen molar-refractivity contribution in [2.24, 2.45) is 11.8 Å². The molecule has 24 heavy (non-hydrogen) atoms. The van der Waals surface area contributed by atoms with Gasteiger partial charge >= 0.3 is 0 Å². The Balaban J connectivity index is 1.27. The standard InChI is InChI=1S/C19H25N3O2/c23-18(15-5-1-2-6-15)20-13-14-9-11-22(12-10-14)19-21-16-7-3-4-8-17(16)24-19/h3-4,7-8,14-15H,1-2,5-6,9-13H2,(H,20,23). The van der Waals surface area contributed by atoms with E-state index >= 15 is 0 Å². The zero-order valence-electron chi connectivity index (χ0n) is 14.0. The van der Waals surface area contributed by atoms with Gasteiger partial charge in [0, 0.05) is 25.6 Å². The maximum Gasteiger partial charge on any atom is 0.298 e. The van der Waals surface area contributed by atoms with Gasteiger partial charge in [0.05, 0.1) is 0 Å². The summed E-state index contributed by atoms with van der Waals surface area (Å²) in [6, 6.07) is 8.61. The van der Waals surface area contributed by atoms with Crippen LogP contribution in [0.4, 0.5) is 6.01 Å². The minimum atomic E-state index is 0.268. The second-order valence-corrected chi connectivity index (χ2v) is 7.12. The molecule has 4 rings (SSSR count). The van der Waals surface area contributed by atoms with Crippen molar-refractivity contribution in [3.63, 3.8) is 0 Å². The van der Waals surface area contributed by atoms with Crippen LogP contribution in [0.3, 0.4) is 0 Å². The minimum Gasteiger partial charge on any atom is -0.423 e. The van der Waals surface area contributed by atoms with E-state index < -0.39 is 0 Å². The van der Waals surface area contributed by atoms with Gasteiger partial charge in [-0.2, -0.15) is 4.98 Å². The molecule has 1 aliphatic carbocycles. The number of anilines is 1. The number of rotatable bonds is 4. The molecule has 0 radical (unpaired) electrons. The van der Waals surface area contributed by atoms with Crippen LogP contribution in [0.5, 0.6) is 0 Å². The highest BCUT2D eigenvalue weighted by Crippen LogP contribution is 2.27. The van der Waals surface area contributed by atoms with Gasteiger partial charge in [-0.05, 0) is 43.7 Å². The average molecular weight is 327 g/mol. The number of hydrogen-bond donors (Lipinski definition) is 1. The SMILES string of the molecule is O=C(NCC1CCN(c2nc3ccccc3o2)CC1)C1CCCC1. The molecule has 5 heteroatoms. The first-order chi connectivity index (χ1) is 11.8. The number of piperidine rings is 1. The van der Waals surface area contributed by atoms with Crippen LogP contribution in [0.2, 0.25) is 0 Å². The molecule has 2 aliphatic rings. The van der Waals surface area contributed by atoms with E-state index in [4.69, 9.17) is 4.42 Å². The van der Waals surface area contributed by atoms with Crippen molar-refractivity contribution in [2.75, 3.05) is 24.5 Å². The second-order valence-electron chi connectivity index (χ2n) is 7.12. The Morgan fingerprint density at radius 1 is 1.17 bits per heavy atom. The van der Waals surface area contributed by atoms with Crippen molar-refractivity contribution in [1.29, 1.82) is 0 Å². The summed E-state index contributed by atoms with van der Waals surface area (Å²) in [5, 5.41) is 3.17. The third-order valence-corrected chi connectivity index (χ3v) is 5.46. The predicted molar refractivity (Wildman–Crippen MR) is 93.9 cm³/mol. The fraction of sp³-hybridized carbons (Fsp3) is 0.579. The topological polar surface area (TPSA) is 58.4 Å². The normalized spacial score (nSPS) is 19.9. The largest absolute Gasteiger partial charge is 0.423 e. The van der Waals surface area contributed by atoms with E-state index in [0.717, 1.165) is 62.4 Å². The number of benzene rings is 1. The molecule has 1 aliphatic heterocycles. The van der Waals surface area contributed by atoms with Crippen LogP contribution < -0.4 is 10.2 Å². The van der Waals surface area contributed by atoms with E-state index in [2.05, 4.69) is 15.2 Å². The highest BCUT2D eigenvalue weighted by atomic mass is 16.4. The minimum absolute atomic E-state index is 0.268. The van der Waals surface area contributed by atoms with E-state index in [0.29, 0.717) is 5.92 Å².